The van der Waals surface area contributed by atoms with Crippen LogP contribution in [0.5, 0.6) is 0 Å². The van der Waals surface area contributed by atoms with Gasteiger partial charge in [0.25, 0.3) is 5.91 Å². The molecule has 2 saturated heterocycles. The molecule has 5 rings (SSSR count). The van der Waals surface area contributed by atoms with Gasteiger partial charge in [-0.15, -0.1) is 0 Å². The van der Waals surface area contributed by atoms with Crippen LogP contribution in [0.15, 0.2) is 84.9 Å². The van der Waals surface area contributed by atoms with Gasteiger partial charge in [-0.2, -0.15) is 0 Å². The zero-order valence-corrected chi connectivity index (χ0v) is 18.8. The van der Waals surface area contributed by atoms with E-state index in [0.717, 1.165) is 30.0 Å². The van der Waals surface area contributed by atoms with Crippen LogP contribution in [0.2, 0.25) is 0 Å². The Labute approximate surface area is 193 Å². The number of imide groups is 1. The molecule has 0 saturated carbocycles. The van der Waals surface area contributed by atoms with Crippen LogP contribution < -0.4 is 14.9 Å². The summed E-state index contributed by atoms with van der Waals surface area (Å²) in [5.74, 6) is -1.18. The molecule has 0 radical (unpaired) electrons. The molecule has 0 spiro atoms. The highest BCUT2D eigenvalue weighted by atomic mass is 16.7. The SMILES string of the molecule is CCN(CC)c1ccc([C@H]2[C@@H]3C(=O)N(c4ccccc4)C(=O)[C@H]3ON2c2ccccc2)cc1. The number of para-hydroxylation sites is 2. The van der Waals surface area contributed by atoms with E-state index in [9.17, 15) is 9.59 Å². The molecule has 3 atom stereocenters. The third-order valence-corrected chi connectivity index (χ3v) is 6.50. The second kappa shape index (κ2) is 8.71. The lowest BCUT2D eigenvalue weighted by molar-refractivity contribution is -0.126. The minimum absolute atomic E-state index is 0.229. The summed E-state index contributed by atoms with van der Waals surface area (Å²) in [5, 5.41) is 1.74. The maximum atomic E-state index is 13.6. The number of hydrogen-bond acceptors (Lipinski definition) is 5. The maximum absolute atomic E-state index is 13.6. The number of carbonyl (C=O) groups excluding carboxylic acids is 2. The summed E-state index contributed by atoms with van der Waals surface area (Å²) < 4.78 is 0. The van der Waals surface area contributed by atoms with Gasteiger partial charge in [0.2, 0.25) is 5.91 Å². The van der Waals surface area contributed by atoms with E-state index < -0.39 is 18.1 Å². The first-order valence-corrected chi connectivity index (χ1v) is 11.4. The predicted octanol–water partition coefficient (Wildman–Crippen LogP) is 4.58. The minimum atomic E-state index is -0.856. The van der Waals surface area contributed by atoms with Crippen molar-refractivity contribution in [2.75, 3.05) is 28.0 Å². The number of hydroxylamine groups is 1. The highest BCUT2D eigenvalue weighted by Crippen LogP contribution is 2.47. The fraction of sp³-hybridized carbons (Fsp3) is 0.259. The molecule has 3 aromatic carbocycles. The molecule has 2 aliphatic rings. The first-order chi connectivity index (χ1) is 16.1. The van der Waals surface area contributed by atoms with Crippen molar-refractivity contribution in [1.82, 2.24) is 0 Å². The van der Waals surface area contributed by atoms with Crippen LogP contribution in [-0.2, 0) is 14.4 Å². The topological polar surface area (TPSA) is 53.1 Å². The molecule has 3 aromatic rings. The molecule has 0 aromatic heterocycles. The highest BCUT2D eigenvalue weighted by molar-refractivity contribution is 6.23. The van der Waals surface area contributed by atoms with Gasteiger partial charge in [0.05, 0.1) is 17.4 Å². The summed E-state index contributed by atoms with van der Waals surface area (Å²) >= 11 is 0. The molecule has 6 heteroatoms. The van der Waals surface area contributed by atoms with Gasteiger partial charge >= 0.3 is 0 Å². The van der Waals surface area contributed by atoms with Crippen molar-refractivity contribution >= 4 is 28.9 Å². The van der Waals surface area contributed by atoms with Crippen molar-refractivity contribution in [1.29, 1.82) is 0 Å². The zero-order chi connectivity index (χ0) is 22.9. The first-order valence-electron chi connectivity index (χ1n) is 11.4. The minimum Gasteiger partial charge on any atom is -0.372 e. The van der Waals surface area contributed by atoms with Gasteiger partial charge in [0.1, 0.15) is 5.92 Å². The normalized spacial score (nSPS) is 22.1. The van der Waals surface area contributed by atoms with E-state index in [2.05, 4.69) is 30.9 Å². The Hall–Kier alpha value is -3.64. The van der Waals surface area contributed by atoms with Crippen molar-refractivity contribution in [3.63, 3.8) is 0 Å². The molecule has 2 fully saturated rings. The molecule has 2 heterocycles. The van der Waals surface area contributed by atoms with Crippen LogP contribution in [0.4, 0.5) is 17.1 Å². The summed E-state index contributed by atoms with van der Waals surface area (Å²) in [6.07, 6.45) is -0.856. The van der Waals surface area contributed by atoms with Gasteiger partial charge in [-0.1, -0.05) is 48.5 Å². The largest absolute Gasteiger partial charge is 0.372 e. The van der Waals surface area contributed by atoms with Gasteiger partial charge in [-0.3, -0.25) is 14.4 Å². The Morgan fingerprint density at radius 1 is 0.758 bits per heavy atom. The molecular formula is C27H27N3O3. The molecule has 0 aliphatic carbocycles. The number of rotatable bonds is 6. The molecule has 0 bridgehead atoms. The second-order valence-electron chi connectivity index (χ2n) is 8.27. The van der Waals surface area contributed by atoms with E-state index in [4.69, 9.17) is 4.84 Å². The van der Waals surface area contributed by atoms with Crippen LogP contribution >= 0.6 is 0 Å². The number of amides is 2. The van der Waals surface area contributed by atoms with Crippen molar-refractivity contribution in [3.05, 3.63) is 90.5 Å². The Kier molecular flexibility index (Phi) is 5.60. The van der Waals surface area contributed by atoms with Gasteiger partial charge < -0.3 is 4.90 Å². The lowest BCUT2D eigenvalue weighted by atomic mass is 9.90. The number of nitrogens with zero attached hydrogens (tertiary/aromatic N) is 3. The zero-order valence-electron chi connectivity index (χ0n) is 18.8. The average molecular weight is 442 g/mol. The van der Waals surface area contributed by atoms with E-state index in [1.54, 1.807) is 17.2 Å². The smallest absolute Gasteiger partial charge is 0.266 e. The maximum Gasteiger partial charge on any atom is 0.266 e. The number of carbonyl (C=O) groups is 2. The van der Waals surface area contributed by atoms with Gasteiger partial charge in [-0.05, 0) is 55.8 Å². The fourth-order valence-corrected chi connectivity index (χ4v) is 4.85. The van der Waals surface area contributed by atoms with Crippen LogP contribution in [-0.4, -0.2) is 31.0 Å². The molecule has 168 valence electrons. The van der Waals surface area contributed by atoms with E-state index in [-0.39, 0.29) is 11.8 Å². The summed E-state index contributed by atoms with van der Waals surface area (Å²) in [6, 6.07) is 26.5. The number of hydrogen-bond donors (Lipinski definition) is 0. The number of fused-ring (bicyclic) bond motifs is 1. The monoisotopic (exact) mass is 441 g/mol. The Morgan fingerprint density at radius 3 is 1.91 bits per heavy atom. The third-order valence-electron chi connectivity index (χ3n) is 6.50. The second-order valence-corrected chi connectivity index (χ2v) is 8.27. The Morgan fingerprint density at radius 2 is 1.33 bits per heavy atom. The van der Waals surface area contributed by atoms with Crippen LogP contribution in [0.25, 0.3) is 0 Å². The average Bonchev–Trinajstić information content (AvgIpc) is 3.37. The van der Waals surface area contributed by atoms with Crippen LogP contribution in [0, 0.1) is 5.92 Å². The summed E-state index contributed by atoms with van der Waals surface area (Å²) in [7, 11) is 0. The molecule has 2 amide bonds. The van der Waals surface area contributed by atoms with Gasteiger partial charge in [-0.25, -0.2) is 9.96 Å². The Balaban J connectivity index is 1.55. The van der Waals surface area contributed by atoms with Gasteiger partial charge in [0, 0.05) is 18.8 Å². The molecule has 0 N–H and O–H groups in total. The van der Waals surface area contributed by atoms with Crippen molar-refractivity contribution in [2.24, 2.45) is 5.92 Å². The van der Waals surface area contributed by atoms with E-state index in [0.29, 0.717) is 5.69 Å². The summed E-state index contributed by atoms with van der Waals surface area (Å²) in [6.45, 7) is 6.10. The van der Waals surface area contributed by atoms with E-state index in [1.807, 2.05) is 60.7 Å². The quantitative estimate of drug-likeness (QED) is 0.524. The van der Waals surface area contributed by atoms with Gasteiger partial charge in [0.15, 0.2) is 6.10 Å². The van der Waals surface area contributed by atoms with E-state index >= 15 is 0 Å². The molecule has 2 aliphatic heterocycles. The van der Waals surface area contributed by atoms with Crippen LogP contribution in [0.1, 0.15) is 25.5 Å². The highest BCUT2D eigenvalue weighted by Gasteiger charge is 2.60. The fourth-order valence-electron chi connectivity index (χ4n) is 4.85. The van der Waals surface area contributed by atoms with Crippen LogP contribution in [0.3, 0.4) is 0 Å². The van der Waals surface area contributed by atoms with Crippen molar-refractivity contribution in [2.45, 2.75) is 26.0 Å². The lowest BCUT2D eigenvalue weighted by Gasteiger charge is -2.29. The molecule has 33 heavy (non-hydrogen) atoms. The number of anilines is 3. The Bertz CT molecular complexity index is 1130. The van der Waals surface area contributed by atoms with Crippen molar-refractivity contribution < 1.29 is 14.4 Å². The lowest BCUT2D eigenvalue weighted by Crippen LogP contribution is -2.37. The van der Waals surface area contributed by atoms with E-state index in [1.165, 1.54) is 4.90 Å². The summed E-state index contributed by atoms with van der Waals surface area (Å²) in [4.78, 5) is 36.7. The predicted molar refractivity (Wildman–Crippen MR) is 129 cm³/mol. The molecular weight excluding hydrogens is 414 g/mol. The number of benzene rings is 3. The summed E-state index contributed by atoms with van der Waals surface area (Å²) in [5.41, 5.74) is 3.47. The van der Waals surface area contributed by atoms with Crippen molar-refractivity contribution in [3.8, 4) is 0 Å². The third kappa shape index (κ3) is 3.56. The molecule has 6 nitrogen and oxygen atoms in total. The standard InChI is InChI=1S/C27H27N3O3/c1-3-28(4-2)20-17-15-19(16-18-20)24-23-25(33-30(24)22-13-9-6-10-14-22)27(32)29(26(23)31)21-11-7-5-8-12-21/h5-18,23-25H,3-4H2,1-2H3/t23-,24-,25-/m0/s1. The molecule has 0 unspecified atom stereocenters. The first kappa shape index (κ1) is 21.2.